The fraction of sp³-hybridized carbons (Fsp3) is 0.423. The van der Waals surface area contributed by atoms with Crippen molar-refractivity contribution >= 4 is 33.7 Å². The fourth-order valence-corrected chi connectivity index (χ4v) is 3.85. The number of aromatic nitrogens is 2. The Kier molecular flexibility index (Phi) is 4.93. The van der Waals surface area contributed by atoms with Crippen LogP contribution in [0.5, 0.6) is 0 Å². The van der Waals surface area contributed by atoms with Crippen LogP contribution in [0, 0.1) is 23.2 Å². The van der Waals surface area contributed by atoms with Crippen LogP contribution in [-0.2, 0) is 0 Å². The minimum atomic E-state index is -0.139. The molecule has 6 nitrogen and oxygen atoms in total. The lowest BCUT2D eigenvalue weighted by Crippen LogP contribution is -2.31. The van der Waals surface area contributed by atoms with Crippen LogP contribution in [-0.4, -0.2) is 28.8 Å². The second kappa shape index (κ2) is 7.67. The summed E-state index contributed by atoms with van der Waals surface area (Å²) in [5, 5.41) is 10.2. The van der Waals surface area contributed by atoms with Gasteiger partial charge in [-0.1, -0.05) is 44.7 Å². The van der Waals surface area contributed by atoms with E-state index in [9.17, 15) is 4.79 Å². The van der Waals surface area contributed by atoms with Gasteiger partial charge in [-0.05, 0) is 36.8 Å². The number of nitrogens with zero attached hydrogens (tertiary/aromatic N) is 2. The van der Waals surface area contributed by atoms with E-state index in [1.807, 2.05) is 6.21 Å². The predicted octanol–water partition coefficient (Wildman–Crippen LogP) is 4.36. The van der Waals surface area contributed by atoms with Crippen LogP contribution in [0.1, 0.15) is 57.6 Å². The van der Waals surface area contributed by atoms with Gasteiger partial charge in [0, 0.05) is 47.6 Å². The van der Waals surface area contributed by atoms with Gasteiger partial charge in [0.25, 0.3) is 5.56 Å². The maximum absolute atomic E-state index is 13.0. The molecule has 3 N–H and O–H groups in total. The first-order valence-electron chi connectivity index (χ1n) is 11.3. The van der Waals surface area contributed by atoms with Crippen LogP contribution in [0.15, 0.2) is 34.3 Å². The molecule has 2 aromatic heterocycles. The van der Waals surface area contributed by atoms with Crippen molar-refractivity contribution in [3.63, 3.8) is 0 Å². The molecule has 0 spiro atoms. The van der Waals surface area contributed by atoms with E-state index in [0.29, 0.717) is 16.8 Å². The summed E-state index contributed by atoms with van der Waals surface area (Å²) in [5.41, 5.74) is 5.50. The minimum absolute atomic E-state index is 0.0532. The molecule has 0 amide bonds. The summed E-state index contributed by atoms with van der Waals surface area (Å²) in [5.74, 6) is 8.04. The lowest BCUT2D eigenvalue weighted by Gasteiger charge is -2.29. The Morgan fingerprint density at radius 2 is 2.03 bits per heavy atom. The maximum Gasteiger partial charge on any atom is 0.258 e. The van der Waals surface area contributed by atoms with Gasteiger partial charge in [-0.2, -0.15) is 5.10 Å². The third-order valence-corrected chi connectivity index (χ3v) is 6.58. The third kappa shape index (κ3) is 3.84. The average molecular weight is 428 g/mol. The fourth-order valence-electron chi connectivity index (χ4n) is 3.85. The van der Waals surface area contributed by atoms with Crippen molar-refractivity contribution < 1.29 is 0 Å². The molecule has 1 aliphatic carbocycles. The highest BCUT2D eigenvalue weighted by atomic mass is 16.1. The van der Waals surface area contributed by atoms with Gasteiger partial charge in [-0.25, -0.2) is 4.98 Å². The number of hydrogen-bond acceptors (Lipinski definition) is 5. The van der Waals surface area contributed by atoms with Gasteiger partial charge in [0.05, 0.1) is 16.5 Å². The number of fused-ring (bicyclic) bond motifs is 3. The number of nitrogens with one attached hydrogen (secondary N) is 3. The van der Waals surface area contributed by atoms with Crippen molar-refractivity contribution in [2.75, 3.05) is 11.9 Å². The van der Waals surface area contributed by atoms with Crippen LogP contribution in [0.4, 0.5) is 5.82 Å². The molecule has 1 aliphatic heterocycles. The number of hydrogen-bond donors (Lipinski definition) is 3. The predicted molar refractivity (Wildman–Crippen MR) is 131 cm³/mol. The summed E-state index contributed by atoms with van der Waals surface area (Å²) in [6.07, 6.45) is 5.93. The van der Waals surface area contributed by atoms with E-state index in [4.69, 9.17) is 4.98 Å². The molecule has 164 valence electrons. The molecule has 1 fully saturated rings. The molecule has 3 aromatic rings. The van der Waals surface area contributed by atoms with E-state index in [1.54, 1.807) is 6.20 Å². The Balaban J connectivity index is 1.77. The molecule has 32 heavy (non-hydrogen) atoms. The number of hydrazone groups is 1. The van der Waals surface area contributed by atoms with Crippen LogP contribution in [0.3, 0.4) is 0 Å². The molecule has 2 atom stereocenters. The highest BCUT2D eigenvalue weighted by Gasteiger charge is 2.23. The van der Waals surface area contributed by atoms with Crippen LogP contribution in [0.25, 0.3) is 21.7 Å². The highest BCUT2D eigenvalue weighted by molar-refractivity contribution is 6.11. The van der Waals surface area contributed by atoms with Gasteiger partial charge < -0.3 is 15.7 Å². The summed E-state index contributed by atoms with van der Waals surface area (Å²) < 4.78 is 0. The molecule has 0 bridgehead atoms. The number of H-pyrrole nitrogens is 1. The summed E-state index contributed by atoms with van der Waals surface area (Å²) in [7, 11) is 0. The zero-order chi connectivity index (χ0) is 22.5. The topological polar surface area (TPSA) is 82.2 Å². The zero-order valence-electron chi connectivity index (χ0n) is 19.0. The molecule has 0 saturated heterocycles. The normalized spacial score (nSPS) is 18.9. The standard InChI is InChI=1S/C26H29N5O/c1-15(26(2,3)4)30-24-20-10-9-17(19-13-28-29-14-19)11-21(20)22-23(31-24)18(12-27-25(22)32)8-7-16-5-6-16/h9-13,15-16,19,29H,5-6,14H2,1-4H3,(H,27,32)(H,30,31)/t15-,19?/m1/s1. The third-order valence-electron chi connectivity index (χ3n) is 6.58. The van der Waals surface area contributed by atoms with Gasteiger partial charge in [-0.3, -0.25) is 4.79 Å². The van der Waals surface area contributed by atoms with E-state index in [-0.39, 0.29) is 22.9 Å². The van der Waals surface area contributed by atoms with Gasteiger partial charge in [-0.15, -0.1) is 0 Å². The van der Waals surface area contributed by atoms with Gasteiger partial charge in [0.15, 0.2) is 0 Å². The number of benzene rings is 1. The van der Waals surface area contributed by atoms with E-state index in [0.717, 1.165) is 47.1 Å². The lowest BCUT2D eigenvalue weighted by atomic mass is 9.88. The summed E-state index contributed by atoms with van der Waals surface area (Å²) >= 11 is 0. The Morgan fingerprint density at radius 1 is 1.22 bits per heavy atom. The Labute approximate surface area is 187 Å². The van der Waals surface area contributed by atoms with E-state index in [1.165, 1.54) is 0 Å². The van der Waals surface area contributed by atoms with Crippen LogP contribution in [0.2, 0.25) is 0 Å². The van der Waals surface area contributed by atoms with E-state index < -0.39 is 0 Å². The number of rotatable bonds is 3. The van der Waals surface area contributed by atoms with E-state index in [2.05, 4.69) is 78.6 Å². The molecule has 6 heteroatoms. The van der Waals surface area contributed by atoms with E-state index >= 15 is 0 Å². The quantitative estimate of drug-likeness (QED) is 0.429. The first-order chi connectivity index (χ1) is 15.3. The number of anilines is 1. The summed E-state index contributed by atoms with van der Waals surface area (Å²) in [6, 6.07) is 6.48. The van der Waals surface area contributed by atoms with Crippen molar-refractivity contribution in [1.82, 2.24) is 15.4 Å². The SMILES string of the molecule is C[C@@H](Nc1nc2c(C#CC3CC3)c[nH]c(=O)c2c2cc(C3C=NNC3)ccc12)C(C)(C)C. The van der Waals surface area contributed by atoms with Crippen LogP contribution >= 0.6 is 0 Å². The molecule has 1 unspecified atom stereocenters. The van der Waals surface area contributed by atoms with Crippen LogP contribution < -0.4 is 16.3 Å². The molecule has 3 heterocycles. The van der Waals surface area contributed by atoms with Gasteiger partial charge in [0.1, 0.15) is 5.82 Å². The highest BCUT2D eigenvalue weighted by Crippen LogP contribution is 2.34. The molecule has 2 aliphatic rings. The van der Waals surface area contributed by atoms with Crippen molar-refractivity contribution in [3.05, 3.63) is 45.9 Å². The van der Waals surface area contributed by atoms with Crippen molar-refractivity contribution in [1.29, 1.82) is 0 Å². The first-order valence-corrected chi connectivity index (χ1v) is 11.3. The van der Waals surface area contributed by atoms with Gasteiger partial charge >= 0.3 is 0 Å². The Morgan fingerprint density at radius 3 is 2.72 bits per heavy atom. The van der Waals surface area contributed by atoms with Crippen molar-refractivity contribution in [2.45, 2.75) is 52.5 Å². The minimum Gasteiger partial charge on any atom is -0.367 e. The molecular weight excluding hydrogens is 398 g/mol. The lowest BCUT2D eigenvalue weighted by molar-refractivity contribution is 0.359. The maximum atomic E-state index is 13.0. The molecule has 5 rings (SSSR count). The molecule has 0 radical (unpaired) electrons. The first kappa shape index (κ1) is 20.6. The number of pyridine rings is 2. The summed E-state index contributed by atoms with van der Waals surface area (Å²) in [4.78, 5) is 20.9. The van der Waals surface area contributed by atoms with Crippen molar-refractivity contribution in [3.8, 4) is 11.8 Å². The Bertz CT molecular complexity index is 1350. The number of aromatic amines is 1. The second-order valence-corrected chi connectivity index (χ2v) is 10.0. The van der Waals surface area contributed by atoms with Crippen molar-refractivity contribution in [2.24, 2.45) is 16.4 Å². The molecule has 1 aromatic carbocycles. The average Bonchev–Trinajstić information content (AvgIpc) is 3.42. The molecular formula is C26H29N5O. The second-order valence-electron chi connectivity index (χ2n) is 10.0. The Hall–Kier alpha value is -3.33. The smallest absolute Gasteiger partial charge is 0.258 e. The molecule has 1 saturated carbocycles. The monoisotopic (exact) mass is 427 g/mol. The zero-order valence-corrected chi connectivity index (χ0v) is 19.0. The van der Waals surface area contributed by atoms with Gasteiger partial charge in [0.2, 0.25) is 0 Å². The largest absolute Gasteiger partial charge is 0.367 e. The summed E-state index contributed by atoms with van der Waals surface area (Å²) in [6.45, 7) is 9.54.